The summed E-state index contributed by atoms with van der Waals surface area (Å²) in [5, 5.41) is 10.9. The number of phenols is 1. The monoisotopic (exact) mass is 539 g/mol. The summed E-state index contributed by atoms with van der Waals surface area (Å²) >= 11 is 0. The predicted molar refractivity (Wildman–Crippen MR) is 158 cm³/mol. The lowest BCUT2D eigenvalue weighted by molar-refractivity contribution is 0.246. The number of fused-ring (bicyclic) bond motifs is 1. The Balaban J connectivity index is 1.93. The third kappa shape index (κ3) is 8.65. The Bertz CT molecular complexity index is 1200. The molecular weight excluding hydrogens is 494 g/mol. The van der Waals surface area contributed by atoms with Gasteiger partial charge >= 0.3 is 0 Å². The summed E-state index contributed by atoms with van der Waals surface area (Å²) in [7, 11) is 0. The van der Waals surface area contributed by atoms with Crippen LogP contribution < -0.4 is 19.6 Å². The Labute approximate surface area is 232 Å². The molecule has 7 heteroatoms. The molecule has 0 aliphatic carbocycles. The molecule has 0 atom stereocenters. The van der Waals surface area contributed by atoms with Crippen LogP contribution in [0.25, 0.3) is 22.3 Å². The number of rotatable bonds is 18. The molecule has 0 aliphatic rings. The quantitative estimate of drug-likeness (QED) is 0.169. The predicted octanol–water partition coefficient (Wildman–Crippen LogP) is 7.41. The van der Waals surface area contributed by atoms with Crippen molar-refractivity contribution in [1.82, 2.24) is 4.90 Å². The molecule has 0 amide bonds. The zero-order valence-corrected chi connectivity index (χ0v) is 24.1. The lowest BCUT2D eigenvalue weighted by Gasteiger charge is -2.18. The standard InChI is InChI=1S/C32H45NO6/c1-5-9-11-19-36-25-16-14-24(15-17-25)31-32(38-21-13-18-33(7-3)8-4)30(35)29-27(34)22-26(23-28(29)39-31)37-20-12-10-6-2/h14-17,22-23,34H,5-13,18-21H2,1-4H3. The number of benzene rings is 2. The second-order valence-corrected chi connectivity index (χ2v) is 9.77. The molecule has 39 heavy (non-hydrogen) atoms. The van der Waals surface area contributed by atoms with Gasteiger partial charge in [0.25, 0.3) is 0 Å². The van der Waals surface area contributed by atoms with Gasteiger partial charge in [0, 0.05) is 24.2 Å². The molecule has 214 valence electrons. The first kappa shape index (κ1) is 30.4. The van der Waals surface area contributed by atoms with Crippen LogP contribution in [0.1, 0.15) is 72.6 Å². The van der Waals surface area contributed by atoms with Crippen molar-refractivity contribution in [3.63, 3.8) is 0 Å². The minimum atomic E-state index is -0.399. The van der Waals surface area contributed by atoms with Gasteiger partial charge in [0.15, 0.2) is 5.76 Å². The molecule has 2 aromatic carbocycles. The van der Waals surface area contributed by atoms with Gasteiger partial charge < -0.3 is 28.6 Å². The van der Waals surface area contributed by atoms with E-state index in [-0.39, 0.29) is 22.5 Å². The van der Waals surface area contributed by atoms with Gasteiger partial charge in [-0.05, 0) is 56.6 Å². The van der Waals surface area contributed by atoms with Crippen molar-refractivity contribution in [1.29, 1.82) is 0 Å². The number of hydrogen-bond acceptors (Lipinski definition) is 7. The highest BCUT2D eigenvalue weighted by atomic mass is 16.5. The minimum absolute atomic E-state index is 0.0919. The Hall–Kier alpha value is -3.19. The van der Waals surface area contributed by atoms with Crippen molar-refractivity contribution in [2.75, 3.05) is 39.5 Å². The lowest BCUT2D eigenvalue weighted by Crippen LogP contribution is -2.25. The molecule has 0 aliphatic heterocycles. The van der Waals surface area contributed by atoms with E-state index in [1.807, 2.05) is 24.3 Å². The summed E-state index contributed by atoms with van der Waals surface area (Å²) in [5.74, 6) is 1.48. The molecule has 7 nitrogen and oxygen atoms in total. The highest BCUT2D eigenvalue weighted by molar-refractivity contribution is 5.88. The van der Waals surface area contributed by atoms with E-state index in [1.165, 1.54) is 6.07 Å². The molecule has 0 saturated heterocycles. The van der Waals surface area contributed by atoms with Crippen molar-refractivity contribution in [3.8, 4) is 34.3 Å². The normalized spacial score (nSPS) is 11.3. The van der Waals surface area contributed by atoms with E-state index in [0.717, 1.165) is 70.3 Å². The minimum Gasteiger partial charge on any atom is -0.507 e. The number of hydrogen-bond donors (Lipinski definition) is 1. The zero-order valence-electron chi connectivity index (χ0n) is 24.1. The van der Waals surface area contributed by atoms with Crippen LogP contribution in [0.3, 0.4) is 0 Å². The number of aromatic hydroxyl groups is 1. The summed E-state index contributed by atoms with van der Waals surface area (Å²) in [6, 6.07) is 10.6. The highest BCUT2D eigenvalue weighted by Crippen LogP contribution is 2.36. The lowest BCUT2D eigenvalue weighted by atomic mass is 10.1. The van der Waals surface area contributed by atoms with Gasteiger partial charge in [0.05, 0.1) is 19.8 Å². The average molecular weight is 540 g/mol. The maximum atomic E-state index is 13.6. The van der Waals surface area contributed by atoms with Crippen LogP contribution in [-0.2, 0) is 0 Å². The Morgan fingerprint density at radius 3 is 2.00 bits per heavy atom. The van der Waals surface area contributed by atoms with Crippen LogP contribution in [-0.4, -0.2) is 49.5 Å². The van der Waals surface area contributed by atoms with Gasteiger partial charge in [-0.15, -0.1) is 0 Å². The molecule has 3 aromatic rings. The summed E-state index contributed by atoms with van der Waals surface area (Å²) < 4.78 is 24.0. The second kappa shape index (κ2) is 16.0. The van der Waals surface area contributed by atoms with Crippen LogP contribution in [0.15, 0.2) is 45.6 Å². The third-order valence-corrected chi connectivity index (χ3v) is 6.82. The van der Waals surface area contributed by atoms with Crippen LogP contribution in [0.2, 0.25) is 0 Å². The molecule has 0 radical (unpaired) electrons. The van der Waals surface area contributed by atoms with Crippen molar-refractivity contribution < 1.29 is 23.7 Å². The molecule has 0 saturated carbocycles. The van der Waals surface area contributed by atoms with E-state index in [0.29, 0.717) is 36.9 Å². The first-order chi connectivity index (χ1) is 19.0. The zero-order chi connectivity index (χ0) is 28.0. The SMILES string of the molecule is CCCCCOc1ccc(-c2oc3cc(OCCCCC)cc(O)c3c(=O)c2OCCCN(CC)CC)cc1. The van der Waals surface area contributed by atoms with E-state index >= 15 is 0 Å². The largest absolute Gasteiger partial charge is 0.507 e. The molecule has 0 fully saturated rings. The van der Waals surface area contributed by atoms with E-state index in [2.05, 4.69) is 32.6 Å². The summed E-state index contributed by atoms with van der Waals surface area (Å²) in [6.45, 7) is 12.9. The Morgan fingerprint density at radius 2 is 1.38 bits per heavy atom. The van der Waals surface area contributed by atoms with E-state index in [1.54, 1.807) is 6.07 Å². The van der Waals surface area contributed by atoms with Gasteiger partial charge in [-0.1, -0.05) is 53.4 Å². The van der Waals surface area contributed by atoms with Crippen LogP contribution in [0.5, 0.6) is 23.0 Å². The summed E-state index contributed by atoms with van der Waals surface area (Å²) in [4.78, 5) is 15.9. The highest BCUT2D eigenvalue weighted by Gasteiger charge is 2.21. The van der Waals surface area contributed by atoms with Gasteiger partial charge in [0.2, 0.25) is 11.2 Å². The van der Waals surface area contributed by atoms with Gasteiger partial charge in [-0.25, -0.2) is 0 Å². The maximum absolute atomic E-state index is 13.6. The van der Waals surface area contributed by atoms with Crippen LogP contribution in [0, 0.1) is 0 Å². The first-order valence-electron chi connectivity index (χ1n) is 14.6. The van der Waals surface area contributed by atoms with E-state index in [4.69, 9.17) is 18.6 Å². The first-order valence-corrected chi connectivity index (χ1v) is 14.6. The summed E-state index contributed by atoms with van der Waals surface area (Å²) in [6.07, 6.45) is 7.11. The van der Waals surface area contributed by atoms with Crippen LogP contribution in [0.4, 0.5) is 0 Å². The third-order valence-electron chi connectivity index (χ3n) is 6.82. The fourth-order valence-corrected chi connectivity index (χ4v) is 4.45. The molecule has 0 spiro atoms. The Morgan fingerprint density at radius 1 is 0.769 bits per heavy atom. The van der Waals surface area contributed by atoms with Crippen LogP contribution >= 0.6 is 0 Å². The fourth-order valence-electron chi connectivity index (χ4n) is 4.45. The van der Waals surface area contributed by atoms with Crippen molar-refractivity contribution in [3.05, 3.63) is 46.6 Å². The number of ether oxygens (including phenoxy) is 3. The molecule has 3 rings (SSSR count). The van der Waals surface area contributed by atoms with Gasteiger partial charge in [-0.2, -0.15) is 0 Å². The molecule has 0 bridgehead atoms. The number of unbranched alkanes of at least 4 members (excludes halogenated alkanes) is 4. The second-order valence-electron chi connectivity index (χ2n) is 9.77. The molecule has 1 heterocycles. The van der Waals surface area contributed by atoms with Gasteiger partial charge in [-0.3, -0.25) is 4.79 Å². The summed E-state index contributed by atoms with van der Waals surface area (Å²) in [5.41, 5.74) is 0.558. The van der Waals surface area contributed by atoms with E-state index in [9.17, 15) is 9.90 Å². The van der Waals surface area contributed by atoms with Crippen molar-refractivity contribution in [2.24, 2.45) is 0 Å². The number of nitrogens with zero attached hydrogens (tertiary/aromatic N) is 1. The smallest absolute Gasteiger partial charge is 0.239 e. The van der Waals surface area contributed by atoms with Gasteiger partial charge in [0.1, 0.15) is 28.2 Å². The topological polar surface area (TPSA) is 81.4 Å². The molecule has 1 N–H and O–H groups in total. The average Bonchev–Trinajstić information content (AvgIpc) is 2.94. The fraction of sp³-hybridized carbons (Fsp3) is 0.531. The molecular formula is C32H45NO6. The molecule has 1 aromatic heterocycles. The maximum Gasteiger partial charge on any atom is 0.239 e. The Kier molecular flexibility index (Phi) is 12.5. The van der Waals surface area contributed by atoms with Crippen molar-refractivity contribution >= 4 is 11.0 Å². The number of phenolic OH excluding ortho intramolecular Hbond substituents is 1. The molecule has 0 unspecified atom stereocenters. The van der Waals surface area contributed by atoms with E-state index < -0.39 is 5.43 Å². The van der Waals surface area contributed by atoms with Crippen molar-refractivity contribution in [2.45, 2.75) is 72.6 Å².